The standard InChI is InChI=1S/C14H25N3O/c1-5-7-16-14(6-8-17(2)3)12-9-13(18-4)11-15-10-12/h9-11,14,16H,5-8H2,1-4H3. The molecule has 0 radical (unpaired) electrons. The van der Waals surface area contributed by atoms with Crippen LogP contribution < -0.4 is 10.1 Å². The van der Waals surface area contributed by atoms with Gasteiger partial charge in [-0.25, -0.2) is 0 Å². The first kappa shape index (κ1) is 14.9. The van der Waals surface area contributed by atoms with E-state index < -0.39 is 0 Å². The lowest BCUT2D eigenvalue weighted by atomic mass is 10.1. The lowest BCUT2D eigenvalue weighted by Gasteiger charge is -2.21. The summed E-state index contributed by atoms with van der Waals surface area (Å²) in [6.45, 7) is 4.26. The summed E-state index contributed by atoms with van der Waals surface area (Å²) in [6, 6.07) is 2.41. The van der Waals surface area contributed by atoms with Crippen LogP contribution in [0.3, 0.4) is 0 Å². The lowest BCUT2D eigenvalue weighted by molar-refractivity contribution is 0.359. The monoisotopic (exact) mass is 251 g/mol. The molecule has 1 aromatic rings. The Morgan fingerprint density at radius 1 is 1.39 bits per heavy atom. The third kappa shape index (κ3) is 5.02. The van der Waals surface area contributed by atoms with Gasteiger partial charge in [-0.1, -0.05) is 6.92 Å². The summed E-state index contributed by atoms with van der Waals surface area (Å²) in [7, 11) is 5.87. The van der Waals surface area contributed by atoms with Crippen LogP contribution in [0.5, 0.6) is 5.75 Å². The van der Waals surface area contributed by atoms with Crippen LogP contribution in [0.15, 0.2) is 18.5 Å². The number of hydrogen-bond donors (Lipinski definition) is 1. The van der Waals surface area contributed by atoms with Crippen molar-refractivity contribution in [3.05, 3.63) is 24.0 Å². The van der Waals surface area contributed by atoms with E-state index in [4.69, 9.17) is 4.74 Å². The van der Waals surface area contributed by atoms with Crippen LogP contribution in [0.2, 0.25) is 0 Å². The van der Waals surface area contributed by atoms with Gasteiger partial charge in [-0.05, 0) is 51.7 Å². The molecular weight excluding hydrogens is 226 g/mol. The highest BCUT2D eigenvalue weighted by molar-refractivity contribution is 5.25. The van der Waals surface area contributed by atoms with Gasteiger partial charge < -0.3 is 15.0 Å². The van der Waals surface area contributed by atoms with Crippen molar-refractivity contribution < 1.29 is 4.74 Å². The predicted molar refractivity (Wildman–Crippen MR) is 75.0 cm³/mol. The fourth-order valence-corrected chi connectivity index (χ4v) is 1.83. The van der Waals surface area contributed by atoms with E-state index in [1.54, 1.807) is 13.3 Å². The number of ether oxygens (including phenoxy) is 1. The molecule has 0 spiro atoms. The molecule has 0 aliphatic rings. The number of methoxy groups -OCH3 is 1. The third-order valence-electron chi connectivity index (χ3n) is 2.88. The normalized spacial score (nSPS) is 12.7. The Balaban J connectivity index is 2.72. The van der Waals surface area contributed by atoms with E-state index in [1.165, 1.54) is 5.56 Å². The summed E-state index contributed by atoms with van der Waals surface area (Å²) in [6.07, 6.45) is 5.87. The molecule has 1 N–H and O–H groups in total. The van der Waals surface area contributed by atoms with Gasteiger partial charge in [-0.3, -0.25) is 4.98 Å². The summed E-state index contributed by atoms with van der Waals surface area (Å²) in [4.78, 5) is 6.44. The highest BCUT2D eigenvalue weighted by Gasteiger charge is 2.12. The van der Waals surface area contributed by atoms with E-state index in [9.17, 15) is 0 Å². The molecule has 1 heterocycles. The van der Waals surface area contributed by atoms with Gasteiger partial charge in [-0.2, -0.15) is 0 Å². The van der Waals surface area contributed by atoms with E-state index >= 15 is 0 Å². The molecule has 4 heteroatoms. The second-order valence-corrected chi connectivity index (χ2v) is 4.76. The number of nitrogens with zero attached hydrogens (tertiary/aromatic N) is 2. The zero-order chi connectivity index (χ0) is 13.4. The third-order valence-corrected chi connectivity index (χ3v) is 2.88. The fraction of sp³-hybridized carbons (Fsp3) is 0.643. The molecule has 1 unspecified atom stereocenters. The van der Waals surface area contributed by atoms with E-state index in [-0.39, 0.29) is 0 Å². The number of hydrogen-bond acceptors (Lipinski definition) is 4. The first-order valence-corrected chi connectivity index (χ1v) is 6.54. The predicted octanol–water partition coefficient (Wildman–Crippen LogP) is 2.08. The Morgan fingerprint density at radius 3 is 2.78 bits per heavy atom. The van der Waals surface area contributed by atoms with Crippen molar-refractivity contribution in [1.82, 2.24) is 15.2 Å². The maximum absolute atomic E-state index is 5.23. The molecule has 1 aromatic heterocycles. The highest BCUT2D eigenvalue weighted by atomic mass is 16.5. The zero-order valence-electron chi connectivity index (χ0n) is 11.9. The van der Waals surface area contributed by atoms with Gasteiger partial charge >= 0.3 is 0 Å². The minimum atomic E-state index is 0.343. The van der Waals surface area contributed by atoms with Crippen LogP contribution in [-0.2, 0) is 0 Å². The quantitative estimate of drug-likeness (QED) is 0.767. The zero-order valence-corrected chi connectivity index (χ0v) is 11.9. The van der Waals surface area contributed by atoms with Crippen molar-refractivity contribution >= 4 is 0 Å². The fourth-order valence-electron chi connectivity index (χ4n) is 1.83. The Labute approximate surface area is 110 Å². The topological polar surface area (TPSA) is 37.4 Å². The van der Waals surface area contributed by atoms with Gasteiger partial charge in [0.2, 0.25) is 0 Å². The van der Waals surface area contributed by atoms with Crippen molar-refractivity contribution in [3.63, 3.8) is 0 Å². The molecule has 0 saturated carbocycles. The van der Waals surface area contributed by atoms with Crippen LogP contribution in [-0.4, -0.2) is 44.2 Å². The Morgan fingerprint density at radius 2 is 2.17 bits per heavy atom. The first-order valence-electron chi connectivity index (χ1n) is 6.54. The molecule has 18 heavy (non-hydrogen) atoms. The number of aromatic nitrogens is 1. The Kier molecular flexibility index (Phi) is 6.68. The van der Waals surface area contributed by atoms with Gasteiger partial charge in [0.05, 0.1) is 13.3 Å². The molecule has 1 atom stereocenters. The maximum atomic E-state index is 5.23. The molecule has 0 aliphatic carbocycles. The molecule has 0 fully saturated rings. The largest absolute Gasteiger partial charge is 0.495 e. The van der Waals surface area contributed by atoms with Gasteiger partial charge in [0.15, 0.2) is 0 Å². The average molecular weight is 251 g/mol. The minimum Gasteiger partial charge on any atom is -0.495 e. The van der Waals surface area contributed by atoms with Crippen LogP contribution >= 0.6 is 0 Å². The van der Waals surface area contributed by atoms with Crippen LogP contribution in [0.1, 0.15) is 31.4 Å². The summed E-state index contributed by atoms with van der Waals surface area (Å²) in [5.74, 6) is 0.820. The van der Waals surface area contributed by atoms with E-state index in [0.717, 1.165) is 31.7 Å². The van der Waals surface area contributed by atoms with Crippen molar-refractivity contribution in [3.8, 4) is 5.75 Å². The molecule has 1 rings (SSSR count). The maximum Gasteiger partial charge on any atom is 0.137 e. The minimum absolute atomic E-state index is 0.343. The summed E-state index contributed by atoms with van der Waals surface area (Å²) in [5, 5.41) is 3.57. The second-order valence-electron chi connectivity index (χ2n) is 4.76. The van der Waals surface area contributed by atoms with Gasteiger partial charge in [0.1, 0.15) is 5.75 Å². The smallest absolute Gasteiger partial charge is 0.137 e. The SMILES string of the molecule is CCCNC(CCN(C)C)c1cncc(OC)c1. The Hall–Kier alpha value is -1.13. The molecule has 0 saturated heterocycles. The second kappa shape index (κ2) is 8.06. The van der Waals surface area contributed by atoms with Crippen LogP contribution in [0.4, 0.5) is 0 Å². The van der Waals surface area contributed by atoms with Crippen molar-refractivity contribution in [2.75, 3.05) is 34.3 Å². The van der Waals surface area contributed by atoms with E-state index in [2.05, 4.69) is 42.3 Å². The number of rotatable bonds is 8. The number of pyridine rings is 1. The first-order chi connectivity index (χ1) is 8.67. The van der Waals surface area contributed by atoms with E-state index in [1.807, 2.05) is 6.20 Å². The summed E-state index contributed by atoms with van der Waals surface area (Å²) >= 11 is 0. The van der Waals surface area contributed by atoms with E-state index in [0.29, 0.717) is 6.04 Å². The lowest BCUT2D eigenvalue weighted by Crippen LogP contribution is -2.26. The van der Waals surface area contributed by atoms with Crippen LogP contribution in [0.25, 0.3) is 0 Å². The summed E-state index contributed by atoms with van der Waals surface area (Å²) < 4.78 is 5.23. The van der Waals surface area contributed by atoms with Gasteiger partial charge in [0, 0.05) is 12.2 Å². The van der Waals surface area contributed by atoms with Crippen molar-refractivity contribution in [1.29, 1.82) is 0 Å². The molecular formula is C14H25N3O. The average Bonchev–Trinajstić information content (AvgIpc) is 2.38. The highest BCUT2D eigenvalue weighted by Crippen LogP contribution is 2.20. The summed E-state index contributed by atoms with van der Waals surface area (Å²) in [5.41, 5.74) is 1.20. The molecule has 0 aromatic carbocycles. The van der Waals surface area contributed by atoms with Gasteiger partial charge in [-0.15, -0.1) is 0 Å². The number of nitrogens with one attached hydrogen (secondary N) is 1. The molecule has 4 nitrogen and oxygen atoms in total. The van der Waals surface area contributed by atoms with Gasteiger partial charge in [0.25, 0.3) is 0 Å². The van der Waals surface area contributed by atoms with Crippen LogP contribution in [0, 0.1) is 0 Å². The Bertz CT molecular complexity index is 342. The molecule has 0 amide bonds. The molecule has 102 valence electrons. The van der Waals surface area contributed by atoms with Crippen molar-refractivity contribution in [2.24, 2.45) is 0 Å². The van der Waals surface area contributed by atoms with Crippen molar-refractivity contribution in [2.45, 2.75) is 25.8 Å². The molecule has 0 bridgehead atoms. The molecule has 0 aliphatic heterocycles.